The molecule has 0 aliphatic heterocycles. The van der Waals surface area contributed by atoms with Gasteiger partial charge in [0.2, 0.25) is 0 Å². The SMILES string of the molecule is CC(=O)SC[C@@H](C(=O)O)[C@@H](C)c1ccc([N+](=O)[O-])cc1. The second-order valence-corrected chi connectivity index (χ2v) is 5.58. The van der Waals surface area contributed by atoms with Gasteiger partial charge in [-0.1, -0.05) is 30.8 Å². The van der Waals surface area contributed by atoms with E-state index in [-0.39, 0.29) is 22.5 Å². The van der Waals surface area contributed by atoms with Crippen LogP contribution in [0.3, 0.4) is 0 Å². The molecule has 6 nitrogen and oxygen atoms in total. The summed E-state index contributed by atoms with van der Waals surface area (Å²) in [6.07, 6.45) is 0. The number of carbonyl (C=O) groups excluding carboxylic acids is 1. The van der Waals surface area contributed by atoms with E-state index >= 15 is 0 Å². The average molecular weight is 297 g/mol. The quantitative estimate of drug-likeness (QED) is 0.640. The highest BCUT2D eigenvalue weighted by molar-refractivity contribution is 8.13. The number of hydrogen-bond acceptors (Lipinski definition) is 5. The molecule has 0 aliphatic carbocycles. The van der Waals surface area contributed by atoms with Crippen molar-refractivity contribution in [2.45, 2.75) is 19.8 Å². The Balaban J connectivity index is 2.88. The lowest BCUT2D eigenvalue weighted by Crippen LogP contribution is -2.23. The summed E-state index contributed by atoms with van der Waals surface area (Å²) >= 11 is 0.971. The number of rotatable bonds is 6. The van der Waals surface area contributed by atoms with Crippen LogP contribution in [0.2, 0.25) is 0 Å². The number of nitro benzene ring substituents is 1. The Kier molecular flexibility index (Phi) is 5.69. The van der Waals surface area contributed by atoms with E-state index in [1.807, 2.05) is 0 Å². The molecule has 1 aromatic rings. The van der Waals surface area contributed by atoms with Crippen molar-refractivity contribution >= 4 is 28.5 Å². The van der Waals surface area contributed by atoms with Crippen molar-refractivity contribution < 1.29 is 19.6 Å². The van der Waals surface area contributed by atoms with Gasteiger partial charge in [0.1, 0.15) is 0 Å². The van der Waals surface area contributed by atoms with E-state index in [0.29, 0.717) is 5.56 Å². The Hall–Kier alpha value is -1.89. The number of benzene rings is 1. The molecule has 0 amide bonds. The molecule has 0 heterocycles. The summed E-state index contributed by atoms with van der Waals surface area (Å²) < 4.78 is 0. The van der Waals surface area contributed by atoms with Gasteiger partial charge in [0.05, 0.1) is 10.8 Å². The summed E-state index contributed by atoms with van der Waals surface area (Å²) in [5, 5.41) is 19.7. The number of carboxylic acids is 1. The number of nitrogens with zero attached hydrogens (tertiary/aromatic N) is 1. The highest BCUT2D eigenvalue weighted by Gasteiger charge is 2.26. The van der Waals surface area contributed by atoms with Gasteiger partial charge in [-0.25, -0.2) is 0 Å². The van der Waals surface area contributed by atoms with Crippen molar-refractivity contribution in [1.82, 2.24) is 0 Å². The normalized spacial score (nSPS) is 13.5. The fraction of sp³-hybridized carbons (Fsp3) is 0.385. The van der Waals surface area contributed by atoms with Gasteiger partial charge in [0.15, 0.2) is 5.12 Å². The van der Waals surface area contributed by atoms with Gasteiger partial charge in [0.25, 0.3) is 5.69 Å². The maximum Gasteiger partial charge on any atom is 0.307 e. The number of nitro groups is 1. The van der Waals surface area contributed by atoms with E-state index in [2.05, 4.69) is 0 Å². The fourth-order valence-corrected chi connectivity index (χ4v) is 2.61. The zero-order chi connectivity index (χ0) is 15.3. The van der Waals surface area contributed by atoms with Crippen LogP contribution in [0.5, 0.6) is 0 Å². The molecule has 20 heavy (non-hydrogen) atoms. The molecule has 0 spiro atoms. The number of non-ortho nitro benzene ring substituents is 1. The number of aliphatic carboxylic acids is 1. The smallest absolute Gasteiger partial charge is 0.307 e. The van der Waals surface area contributed by atoms with E-state index in [9.17, 15) is 24.8 Å². The minimum atomic E-state index is -0.982. The number of thioether (sulfide) groups is 1. The van der Waals surface area contributed by atoms with Gasteiger partial charge in [-0.15, -0.1) is 0 Å². The van der Waals surface area contributed by atoms with Gasteiger partial charge in [-0.05, 0) is 11.5 Å². The van der Waals surface area contributed by atoms with Crippen molar-refractivity contribution in [2.24, 2.45) is 5.92 Å². The van der Waals surface area contributed by atoms with Crippen LogP contribution in [-0.2, 0) is 9.59 Å². The second-order valence-electron chi connectivity index (χ2n) is 4.38. The first-order chi connectivity index (χ1) is 9.32. The van der Waals surface area contributed by atoms with Crippen LogP contribution in [0.4, 0.5) is 5.69 Å². The summed E-state index contributed by atoms with van der Waals surface area (Å²) in [6, 6.07) is 5.81. The molecule has 108 valence electrons. The Labute approximate surface area is 120 Å². The molecule has 7 heteroatoms. The molecule has 0 saturated heterocycles. The number of carboxylic acid groups (broad SMARTS) is 1. The van der Waals surface area contributed by atoms with Crippen molar-refractivity contribution in [3.8, 4) is 0 Å². The highest BCUT2D eigenvalue weighted by atomic mass is 32.2. The predicted molar refractivity (Wildman–Crippen MR) is 75.8 cm³/mol. The molecule has 1 N–H and O–H groups in total. The van der Waals surface area contributed by atoms with Crippen LogP contribution >= 0.6 is 11.8 Å². The van der Waals surface area contributed by atoms with Crippen LogP contribution in [0.15, 0.2) is 24.3 Å². The summed E-state index contributed by atoms with van der Waals surface area (Å²) in [7, 11) is 0. The zero-order valence-corrected chi connectivity index (χ0v) is 11.9. The highest BCUT2D eigenvalue weighted by Crippen LogP contribution is 2.29. The molecule has 1 aromatic carbocycles. The lowest BCUT2D eigenvalue weighted by molar-refractivity contribution is -0.384. The molecular formula is C13H15NO5S. The third-order valence-corrected chi connectivity index (χ3v) is 3.95. The lowest BCUT2D eigenvalue weighted by Gasteiger charge is -2.19. The van der Waals surface area contributed by atoms with Gasteiger partial charge in [0, 0.05) is 24.8 Å². The molecule has 0 bridgehead atoms. The second kappa shape index (κ2) is 7.04. The first-order valence-corrected chi connectivity index (χ1v) is 6.92. The maximum absolute atomic E-state index is 11.3. The summed E-state index contributed by atoms with van der Waals surface area (Å²) in [6.45, 7) is 3.13. The molecular weight excluding hydrogens is 282 g/mol. The molecule has 0 radical (unpaired) electrons. The van der Waals surface area contributed by atoms with E-state index in [0.717, 1.165) is 11.8 Å². The van der Waals surface area contributed by atoms with E-state index in [4.69, 9.17) is 0 Å². The van der Waals surface area contributed by atoms with Crippen LogP contribution in [0, 0.1) is 16.0 Å². The fourth-order valence-electron chi connectivity index (χ4n) is 1.77. The molecule has 0 unspecified atom stereocenters. The molecule has 0 aliphatic rings. The monoisotopic (exact) mass is 297 g/mol. The zero-order valence-electron chi connectivity index (χ0n) is 11.1. The van der Waals surface area contributed by atoms with Crippen molar-refractivity contribution in [3.05, 3.63) is 39.9 Å². The predicted octanol–water partition coefficient (Wildman–Crippen LogP) is 2.68. The topological polar surface area (TPSA) is 97.5 Å². The third-order valence-electron chi connectivity index (χ3n) is 3.02. The molecule has 0 aromatic heterocycles. The first kappa shape index (κ1) is 16.2. The summed E-state index contributed by atoms with van der Waals surface area (Å²) in [4.78, 5) is 32.3. The minimum absolute atomic E-state index is 0.0362. The molecule has 2 atom stereocenters. The number of carbonyl (C=O) groups is 2. The van der Waals surface area contributed by atoms with E-state index in [1.54, 1.807) is 19.1 Å². The van der Waals surface area contributed by atoms with Crippen LogP contribution in [0.25, 0.3) is 0 Å². The summed E-state index contributed by atoms with van der Waals surface area (Å²) in [5.41, 5.74) is 0.665. The molecule has 0 fully saturated rings. The van der Waals surface area contributed by atoms with Gasteiger partial charge >= 0.3 is 5.97 Å². The summed E-state index contributed by atoms with van der Waals surface area (Å²) in [5.74, 6) is -1.85. The maximum atomic E-state index is 11.3. The Bertz CT molecular complexity index is 514. The van der Waals surface area contributed by atoms with Crippen LogP contribution in [0.1, 0.15) is 25.3 Å². The first-order valence-electron chi connectivity index (χ1n) is 5.93. The van der Waals surface area contributed by atoms with Crippen molar-refractivity contribution in [1.29, 1.82) is 0 Å². The van der Waals surface area contributed by atoms with Crippen LogP contribution < -0.4 is 0 Å². The Morgan fingerprint density at radius 3 is 2.30 bits per heavy atom. The van der Waals surface area contributed by atoms with E-state index in [1.165, 1.54) is 19.1 Å². The van der Waals surface area contributed by atoms with Crippen molar-refractivity contribution in [2.75, 3.05) is 5.75 Å². The minimum Gasteiger partial charge on any atom is -0.481 e. The number of hydrogen-bond donors (Lipinski definition) is 1. The Morgan fingerprint density at radius 2 is 1.90 bits per heavy atom. The van der Waals surface area contributed by atoms with Gasteiger partial charge in [-0.2, -0.15) is 0 Å². The van der Waals surface area contributed by atoms with Crippen molar-refractivity contribution in [3.63, 3.8) is 0 Å². The third kappa shape index (κ3) is 4.34. The van der Waals surface area contributed by atoms with Crippen LogP contribution in [-0.4, -0.2) is 26.9 Å². The van der Waals surface area contributed by atoms with Gasteiger partial charge < -0.3 is 5.11 Å². The largest absolute Gasteiger partial charge is 0.481 e. The lowest BCUT2D eigenvalue weighted by atomic mass is 9.89. The average Bonchev–Trinajstić information content (AvgIpc) is 2.38. The van der Waals surface area contributed by atoms with E-state index < -0.39 is 16.8 Å². The molecule has 0 saturated carbocycles. The van der Waals surface area contributed by atoms with Gasteiger partial charge in [-0.3, -0.25) is 19.7 Å². The Morgan fingerprint density at radius 1 is 1.35 bits per heavy atom. The molecule has 1 rings (SSSR count). The standard InChI is InChI=1S/C13H15NO5S/c1-8(12(13(16)17)7-20-9(2)15)10-3-5-11(6-4-10)14(18)19/h3-6,8,12H,7H2,1-2H3,(H,16,17)/t8-,12+/m0/s1.